The van der Waals surface area contributed by atoms with E-state index >= 15 is 0 Å². The molecule has 2 nitrogen and oxygen atoms in total. The summed E-state index contributed by atoms with van der Waals surface area (Å²) in [5.41, 5.74) is 0.745. The predicted molar refractivity (Wildman–Crippen MR) is 129 cm³/mol. The van der Waals surface area contributed by atoms with Gasteiger partial charge in [0.1, 0.15) is 5.60 Å². The summed E-state index contributed by atoms with van der Waals surface area (Å²) < 4.78 is 5.58. The summed E-state index contributed by atoms with van der Waals surface area (Å²) in [6.45, 7) is 16.2. The molecule has 0 bridgehead atoms. The lowest BCUT2D eigenvalue weighted by molar-refractivity contribution is -0.155. The number of carbonyl (C=O) groups is 1. The lowest BCUT2D eigenvalue weighted by atomic mass is 9.43. The van der Waals surface area contributed by atoms with Crippen molar-refractivity contribution in [3.63, 3.8) is 0 Å². The fraction of sp³-hybridized carbons (Fsp3) is 0.966. The highest BCUT2D eigenvalue weighted by molar-refractivity contribution is 5.69. The van der Waals surface area contributed by atoms with Crippen LogP contribution in [0.3, 0.4) is 0 Å². The van der Waals surface area contributed by atoms with Crippen molar-refractivity contribution >= 4 is 5.97 Å². The van der Waals surface area contributed by atoms with E-state index in [0.29, 0.717) is 23.2 Å². The summed E-state index contributed by atoms with van der Waals surface area (Å²) >= 11 is 0. The van der Waals surface area contributed by atoms with E-state index in [-0.39, 0.29) is 11.6 Å². The van der Waals surface area contributed by atoms with Crippen molar-refractivity contribution in [3.05, 3.63) is 0 Å². The molecule has 178 valence electrons. The van der Waals surface area contributed by atoms with Gasteiger partial charge in [-0.05, 0) is 124 Å². The zero-order valence-electron chi connectivity index (χ0n) is 21.6. The zero-order valence-corrected chi connectivity index (χ0v) is 21.6. The van der Waals surface area contributed by atoms with Crippen LogP contribution < -0.4 is 0 Å². The minimum atomic E-state index is -0.366. The molecular weight excluding hydrogens is 380 g/mol. The highest BCUT2D eigenvalue weighted by Gasteiger charge is 2.60. The van der Waals surface area contributed by atoms with Gasteiger partial charge in [0.05, 0.1) is 0 Å². The quantitative estimate of drug-likeness (QED) is 0.422. The second-order valence-electron chi connectivity index (χ2n) is 13.8. The molecule has 4 saturated carbocycles. The largest absolute Gasteiger partial charge is 0.460 e. The maximum atomic E-state index is 12.3. The first-order chi connectivity index (χ1) is 14.5. The van der Waals surface area contributed by atoms with E-state index in [0.717, 1.165) is 41.9 Å². The summed E-state index contributed by atoms with van der Waals surface area (Å²) in [4.78, 5) is 12.3. The van der Waals surface area contributed by atoms with Crippen molar-refractivity contribution in [3.8, 4) is 0 Å². The monoisotopic (exact) mass is 430 g/mol. The van der Waals surface area contributed by atoms with E-state index in [4.69, 9.17) is 4.74 Å². The summed E-state index contributed by atoms with van der Waals surface area (Å²) in [7, 11) is 0. The molecular formula is C29H50O2. The molecule has 9 atom stereocenters. The van der Waals surface area contributed by atoms with Gasteiger partial charge in [0, 0.05) is 6.42 Å². The number of rotatable bonds is 4. The molecule has 1 unspecified atom stereocenters. The molecule has 31 heavy (non-hydrogen) atoms. The highest BCUT2D eigenvalue weighted by Crippen LogP contribution is 2.68. The maximum absolute atomic E-state index is 12.3. The Hall–Kier alpha value is -0.530. The molecule has 4 rings (SSSR count). The summed E-state index contributed by atoms with van der Waals surface area (Å²) in [6.07, 6.45) is 14.7. The minimum absolute atomic E-state index is 0.0135. The Morgan fingerprint density at radius 1 is 0.935 bits per heavy atom. The van der Waals surface area contributed by atoms with Crippen LogP contribution in [0.15, 0.2) is 0 Å². The lowest BCUT2D eigenvalue weighted by Crippen LogP contribution is -2.54. The molecule has 2 heteroatoms. The fourth-order valence-electron chi connectivity index (χ4n) is 9.71. The number of ether oxygens (including phenoxy) is 1. The van der Waals surface area contributed by atoms with Gasteiger partial charge in [-0.3, -0.25) is 4.79 Å². The first-order valence-electron chi connectivity index (χ1n) is 13.7. The van der Waals surface area contributed by atoms with Crippen molar-refractivity contribution in [2.45, 2.75) is 125 Å². The van der Waals surface area contributed by atoms with E-state index < -0.39 is 0 Å². The molecule has 0 heterocycles. The van der Waals surface area contributed by atoms with Gasteiger partial charge in [-0.1, -0.05) is 40.5 Å². The van der Waals surface area contributed by atoms with Crippen molar-refractivity contribution in [1.82, 2.24) is 0 Å². The second kappa shape index (κ2) is 8.35. The third kappa shape index (κ3) is 4.23. The van der Waals surface area contributed by atoms with E-state index in [2.05, 4.69) is 27.7 Å². The molecule has 0 aromatic rings. The van der Waals surface area contributed by atoms with Crippen LogP contribution in [0, 0.1) is 52.3 Å². The molecule has 0 amide bonds. The molecule has 0 saturated heterocycles. The molecule has 4 aliphatic carbocycles. The topological polar surface area (TPSA) is 26.3 Å². The summed E-state index contributed by atoms with van der Waals surface area (Å²) in [5.74, 6) is 6.19. The predicted octanol–water partition coefficient (Wildman–Crippen LogP) is 8.04. The molecule has 0 spiro atoms. The van der Waals surface area contributed by atoms with Crippen molar-refractivity contribution < 1.29 is 9.53 Å². The van der Waals surface area contributed by atoms with Crippen molar-refractivity contribution in [2.75, 3.05) is 0 Å². The lowest BCUT2D eigenvalue weighted by Gasteiger charge is -2.62. The first-order valence-corrected chi connectivity index (χ1v) is 13.7. The van der Waals surface area contributed by atoms with Crippen molar-refractivity contribution in [1.29, 1.82) is 0 Å². The van der Waals surface area contributed by atoms with E-state index in [9.17, 15) is 4.79 Å². The Morgan fingerprint density at radius 3 is 2.32 bits per heavy atom. The van der Waals surface area contributed by atoms with E-state index in [1.54, 1.807) is 0 Å². The molecule has 0 radical (unpaired) electrons. The third-order valence-electron chi connectivity index (χ3n) is 11.0. The second-order valence-corrected chi connectivity index (χ2v) is 13.8. The molecule has 0 aromatic heterocycles. The van der Waals surface area contributed by atoms with Crippen LogP contribution in [0.25, 0.3) is 0 Å². The van der Waals surface area contributed by atoms with Crippen LogP contribution in [0.1, 0.15) is 119 Å². The fourth-order valence-corrected chi connectivity index (χ4v) is 9.71. The van der Waals surface area contributed by atoms with Gasteiger partial charge in [-0.25, -0.2) is 0 Å². The third-order valence-corrected chi connectivity index (χ3v) is 11.0. The number of esters is 1. The van der Waals surface area contributed by atoms with Gasteiger partial charge in [-0.15, -0.1) is 0 Å². The normalized spacial score (nSPS) is 45.9. The Bertz CT molecular complexity index is 662. The number of hydrogen-bond donors (Lipinski definition) is 0. The first kappa shape index (κ1) is 23.6. The molecule has 0 aromatic carbocycles. The Labute approximate surface area is 192 Å². The van der Waals surface area contributed by atoms with E-state index in [1.807, 2.05) is 20.8 Å². The molecule has 0 aliphatic heterocycles. The zero-order chi connectivity index (χ0) is 22.6. The van der Waals surface area contributed by atoms with E-state index in [1.165, 1.54) is 57.8 Å². The van der Waals surface area contributed by atoms with Crippen LogP contribution in [-0.2, 0) is 9.53 Å². The number of hydrogen-bond acceptors (Lipinski definition) is 2. The standard InChI is InChI=1S/C29H50O2/c1-19-9-8-17-28(6)22(19)12-11-21-24-14-13-23(29(24,7)18-16-25(21)28)20(2)10-15-26(30)31-27(3,4)5/h19-25H,8-18H2,1-7H3/t19-,20+,21-,22+,23?,24-,25-,28-,29+/m0/s1. The summed E-state index contributed by atoms with van der Waals surface area (Å²) in [6, 6.07) is 0. The minimum Gasteiger partial charge on any atom is -0.460 e. The maximum Gasteiger partial charge on any atom is 0.306 e. The molecule has 4 fully saturated rings. The van der Waals surface area contributed by atoms with Gasteiger partial charge in [-0.2, -0.15) is 0 Å². The Kier molecular flexibility index (Phi) is 6.37. The highest BCUT2D eigenvalue weighted by atomic mass is 16.6. The summed E-state index contributed by atoms with van der Waals surface area (Å²) in [5, 5.41) is 0. The van der Waals surface area contributed by atoms with Crippen LogP contribution in [-0.4, -0.2) is 11.6 Å². The van der Waals surface area contributed by atoms with Gasteiger partial charge in [0.15, 0.2) is 0 Å². The molecule has 4 aliphatic rings. The number of carbonyl (C=O) groups excluding carboxylic acids is 1. The van der Waals surface area contributed by atoms with Gasteiger partial charge in [0.2, 0.25) is 0 Å². The Balaban J connectivity index is 1.43. The van der Waals surface area contributed by atoms with Gasteiger partial charge < -0.3 is 4.74 Å². The smallest absolute Gasteiger partial charge is 0.306 e. The average molecular weight is 431 g/mol. The van der Waals surface area contributed by atoms with Crippen molar-refractivity contribution in [2.24, 2.45) is 52.3 Å². The number of fused-ring (bicyclic) bond motifs is 5. The van der Waals surface area contributed by atoms with Crippen LogP contribution in [0.2, 0.25) is 0 Å². The van der Waals surface area contributed by atoms with Crippen LogP contribution >= 0.6 is 0 Å². The van der Waals surface area contributed by atoms with Crippen LogP contribution in [0.4, 0.5) is 0 Å². The van der Waals surface area contributed by atoms with Gasteiger partial charge in [0.25, 0.3) is 0 Å². The molecule has 0 N–H and O–H groups in total. The average Bonchev–Trinajstić information content (AvgIpc) is 3.02. The van der Waals surface area contributed by atoms with Crippen LogP contribution in [0.5, 0.6) is 0 Å². The Morgan fingerprint density at radius 2 is 1.61 bits per heavy atom. The van der Waals surface area contributed by atoms with Gasteiger partial charge >= 0.3 is 5.97 Å². The SMILES string of the molecule is C[C@H](CCC(=O)OC(C)(C)C)C1CC[C@H]2[C@@H]3CC[C@@H]4[C@@H](C)CCC[C@]4(C)[C@H]3CC[C@]12C.